The summed E-state index contributed by atoms with van der Waals surface area (Å²) in [5, 5.41) is 14.9. The smallest absolute Gasteiger partial charge is 0.274 e. The van der Waals surface area contributed by atoms with Crippen molar-refractivity contribution in [2.24, 2.45) is 5.92 Å². The van der Waals surface area contributed by atoms with E-state index in [4.69, 9.17) is 4.98 Å². The number of H-pyrrole nitrogens is 1. The van der Waals surface area contributed by atoms with E-state index in [0.29, 0.717) is 106 Å². The fraction of sp³-hybridized carbons (Fsp3) is 0.396. The maximum atomic E-state index is 15.1. The van der Waals surface area contributed by atoms with Crippen LogP contribution in [0.2, 0.25) is 0 Å². The molecule has 3 aliphatic rings. The minimum atomic E-state index is -0.603. The van der Waals surface area contributed by atoms with E-state index in [1.54, 1.807) is 46.6 Å². The molecule has 0 spiro atoms. The number of piperidine rings is 1. The number of benzene rings is 3. The van der Waals surface area contributed by atoms with Crippen LogP contribution in [0.25, 0.3) is 21.9 Å². The first-order valence-electron chi connectivity index (χ1n) is 24.5. The number of amides is 3. The van der Waals surface area contributed by atoms with Crippen LogP contribution in [0.3, 0.4) is 0 Å². The average Bonchev–Trinajstić information content (AvgIpc) is 3.40. The SMILES string of the molecule is CCc1cccc(-c2cnc(C(=O)N3CCC(CN4CCN(CC(=O)N5CCN(C(=O)c6cc(Cc7n[nH]c(=O)c8ccccc78)ccc6F)CC5)CC4)CC3)c(NCCNCc3ccncn3)c2)c1. The van der Waals surface area contributed by atoms with E-state index in [-0.39, 0.29) is 22.9 Å². The number of nitrogens with zero attached hydrogens (tertiary/aromatic N) is 9. The number of aromatic amines is 1. The molecule has 0 atom stereocenters. The van der Waals surface area contributed by atoms with Crippen LogP contribution in [0.1, 0.15) is 63.1 Å². The molecule has 3 amide bonds. The van der Waals surface area contributed by atoms with E-state index >= 15 is 4.39 Å². The fourth-order valence-corrected chi connectivity index (χ4v) is 9.75. The molecule has 3 fully saturated rings. The summed E-state index contributed by atoms with van der Waals surface area (Å²) in [6, 6.07) is 24.0. The summed E-state index contributed by atoms with van der Waals surface area (Å²) in [7, 11) is 0. The summed E-state index contributed by atoms with van der Waals surface area (Å²) in [6.45, 7) is 11.4. The van der Waals surface area contributed by atoms with Crippen molar-refractivity contribution in [1.29, 1.82) is 0 Å². The Balaban J connectivity index is 0.713. The van der Waals surface area contributed by atoms with Crippen LogP contribution in [0.15, 0.2) is 102 Å². The lowest BCUT2D eigenvalue weighted by atomic mass is 9.95. The lowest BCUT2D eigenvalue weighted by Gasteiger charge is -2.40. The minimum Gasteiger partial charge on any atom is -0.382 e. The first-order valence-corrected chi connectivity index (χ1v) is 24.5. The van der Waals surface area contributed by atoms with Crippen LogP contribution < -0.4 is 16.2 Å². The quantitative estimate of drug-likeness (QED) is 0.114. The molecule has 0 aliphatic carbocycles. The Morgan fingerprint density at radius 2 is 1.50 bits per heavy atom. The summed E-state index contributed by atoms with van der Waals surface area (Å²) in [5.41, 5.74) is 6.39. The normalized spacial score (nSPS) is 16.2. The number of fused-ring (bicyclic) bond motifs is 1. The molecule has 0 saturated carbocycles. The fourth-order valence-electron chi connectivity index (χ4n) is 9.75. The molecular formula is C53H61FN12O4. The average molecular weight is 949 g/mol. The van der Waals surface area contributed by atoms with Crippen molar-refractivity contribution >= 4 is 34.2 Å². The predicted molar refractivity (Wildman–Crippen MR) is 267 cm³/mol. The first kappa shape index (κ1) is 48.1. The number of anilines is 1. The number of likely N-dealkylation sites (tertiary alicyclic amines) is 1. The molecule has 0 unspecified atom stereocenters. The van der Waals surface area contributed by atoms with Gasteiger partial charge < -0.3 is 30.2 Å². The van der Waals surface area contributed by atoms with E-state index in [2.05, 4.69) is 71.8 Å². The molecule has 3 aliphatic heterocycles. The highest BCUT2D eigenvalue weighted by Gasteiger charge is 2.31. The minimum absolute atomic E-state index is 0.0197. The largest absolute Gasteiger partial charge is 0.382 e. The second-order valence-electron chi connectivity index (χ2n) is 18.5. The lowest BCUT2D eigenvalue weighted by molar-refractivity contribution is -0.134. The highest BCUT2D eigenvalue weighted by atomic mass is 19.1. The van der Waals surface area contributed by atoms with Gasteiger partial charge in [-0.05, 0) is 72.2 Å². The molecule has 6 aromatic rings. The summed E-state index contributed by atoms with van der Waals surface area (Å²) in [6.07, 6.45) is 8.17. The van der Waals surface area contributed by atoms with Crippen molar-refractivity contribution in [2.45, 2.75) is 39.2 Å². The monoisotopic (exact) mass is 948 g/mol. The number of carbonyl (C=O) groups is 3. The predicted octanol–water partition coefficient (Wildman–Crippen LogP) is 4.72. The molecule has 0 bridgehead atoms. The van der Waals surface area contributed by atoms with Gasteiger partial charge in [0.2, 0.25) is 5.91 Å². The summed E-state index contributed by atoms with van der Waals surface area (Å²) in [5.74, 6) is -0.557. The molecule has 17 heteroatoms. The van der Waals surface area contributed by atoms with Crippen LogP contribution in [0.4, 0.5) is 10.1 Å². The molecule has 0 radical (unpaired) electrons. The van der Waals surface area contributed by atoms with E-state index in [1.807, 2.05) is 35.4 Å². The van der Waals surface area contributed by atoms with Gasteiger partial charge in [0.05, 0.1) is 34.6 Å². The maximum absolute atomic E-state index is 15.1. The molecule has 3 saturated heterocycles. The van der Waals surface area contributed by atoms with Crippen molar-refractivity contribution in [3.63, 3.8) is 0 Å². The van der Waals surface area contributed by atoms with Gasteiger partial charge in [0, 0.05) is 121 Å². The number of hydrogen-bond acceptors (Lipinski definition) is 12. The van der Waals surface area contributed by atoms with Gasteiger partial charge in [-0.25, -0.2) is 24.4 Å². The van der Waals surface area contributed by atoms with E-state index < -0.39 is 11.7 Å². The third kappa shape index (κ3) is 11.7. The zero-order valence-corrected chi connectivity index (χ0v) is 39.8. The van der Waals surface area contributed by atoms with Crippen molar-refractivity contribution < 1.29 is 18.8 Å². The molecule has 6 heterocycles. The number of carbonyl (C=O) groups excluding carboxylic acids is 3. The standard InChI is InChI=1S/C53H61FN12O4/c1-2-37-6-5-7-40(28-37)41-31-48(57-17-16-55-33-42-12-15-56-36-59-42)50(58-32-41)53(70)65-18-13-38(14-19-65)34-62-20-22-63(23-21-62)35-49(67)64-24-26-66(27-25-64)52(69)45-29-39(10-11-46(45)54)30-47-43-8-3-4-9-44(43)51(68)61-60-47/h3-12,15,28-29,31-32,36,38,55,57H,2,13-14,16-27,30,33-35H2,1H3,(H,61,68). The third-order valence-electron chi connectivity index (χ3n) is 13.9. The topological polar surface area (TPSA) is 176 Å². The molecule has 3 N–H and O–H groups in total. The van der Waals surface area contributed by atoms with Gasteiger partial charge in [-0.3, -0.25) is 24.1 Å². The Bertz CT molecular complexity index is 2840. The van der Waals surface area contributed by atoms with E-state index in [0.717, 1.165) is 74.5 Å². The number of hydrogen-bond donors (Lipinski definition) is 3. The first-order chi connectivity index (χ1) is 34.2. The van der Waals surface area contributed by atoms with Gasteiger partial charge in [0.25, 0.3) is 17.4 Å². The number of halogens is 1. The second kappa shape index (κ2) is 22.6. The molecule has 364 valence electrons. The Hall–Kier alpha value is -6.95. The van der Waals surface area contributed by atoms with Gasteiger partial charge in [0.15, 0.2) is 5.69 Å². The molecular weight excluding hydrogens is 888 g/mol. The summed E-state index contributed by atoms with van der Waals surface area (Å²) in [4.78, 5) is 76.5. The number of aromatic nitrogens is 5. The Morgan fingerprint density at radius 3 is 2.27 bits per heavy atom. The Morgan fingerprint density at radius 1 is 0.743 bits per heavy atom. The Kier molecular flexibility index (Phi) is 15.6. The number of pyridine rings is 1. The molecule has 16 nitrogen and oxygen atoms in total. The summed E-state index contributed by atoms with van der Waals surface area (Å²) >= 11 is 0. The maximum Gasteiger partial charge on any atom is 0.274 e. The molecule has 9 rings (SSSR count). The zero-order valence-electron chi connectivity index (χ0n) is 39.8. The summed E-state index contributed by atoms with van der Waals surface area (Å²) < 4.78 is 15.1. The number of aryl methyl sites for hydroxylation is 1. The van der Waals surface area contributed by atoms with Crippen LogP contribution >= 0.6 is 0 Å². The highest BCUT2D eigenvalue weighted by Crippen LogP contribution is 2.28. The molecule has 70 heavy (non-hydrogen) atoms. The van der Waals surface area contributed by atoms with Crippen molar-refractivity contribution in [3.8, 4) is 11.1 Å². The number of piperazine rings is 2. The van der Waals surface area contributed by atoms with Gasteiger partial charge in [0.1, 0.15) is 12.1 Å². The van der Waals surface area contributed by atoms with E-state index in [9.17, 15) is 19.2 Å². The van der Waals surface area contributed by atoms with Crippen LogP contribution in [0.5, 0.6) is 0 Å². The van der Waals surface area contributed by atoms with Crippen molar-refractivity contribution in [2.75, 3.05) is 96.9 Å². The second-order valence-corrected chi connectivity index (χ2v) is 18.5. The Labute approximate surface area is 407 Å². The van der Waals surface area contributed by atoms with Crippen LogP contribution in [-0.2, 0) is 24.2 Å². The van der Waals surface area contributed by atoms with Crippen molar-refractivity contribution in [3.05, 3.63) is 148 Å². The van der Waals surface area contributed by atoms with Gasteiger partial charge in [-0.15, -0.1) is 0 Å². The van der Waals surface area contributed by atoms with Gasteiger partial charge in [-0.1, -0.05) is 55.5 Å². The molecule has 3 aromatic heterocycles. The number of rotatable bonds is 16. The third-order valence-corrected chi connectivity index (χ3v) is 13.9. The zero-order chi connectivity index (χ0) is 48.4. The van der Waals surface area contributed by atoms with Gasteiger partial charge >= 0.3 is 0 Å². The van der Waals surface area contributed by atoms with Gasteiger partial charge in [-0.2, -0.15) is 5.10 Å². The molecule has 3 aromatic carbocycles. The lowest BCUT2D eigenvalue weighted by Crippen LogP contribution is -2.55. The van der Waals surface area contributed by atoms with E-state index in [1.165, 1.54) is 11.6 Å². The van der Waals surface area contributed by atoms with Crippen molar-refractivity contribution in [1.82, 2.24) is 55.0 Å². The number of nitrogens with one attached hydrogen (secondary N) is 3. The highest BCUT2D eigenvalue weighted by molar-refractivity contribution is 5.98. The van der Waals surface area contributed by atoms with Crippen LogP contribution in [0, 0.1) is 11.7 Å². The van der Waals surface area contributed by atoms with Crippen LogP contribution in [-0.4, -0.2) is 159 Å².